The largest absolute Gasteiger partial charge is 0.496 e. The molecular weight excluding hydrogens is 246 g/mol. The molecule has 3 nitrogen and oxygen atoms in total. The highest BCUT2D eigenvalue weighted by Gasteiger charge is 2.10. The number of ether oxygens (including phenoxy) is 1. The van der Waals surface area contributed by atoms with E-state index < -0.39 is 0 Å². The zero-order valence-electron chi connectivity index (χ0n) is 9.49. The topological polar surface area (TPSA) is 30.8 Å². The van der Waals surface area contributed by atoms with Crippen LogP contribution in [-0.4, -0.2) is 26.2 Å². The van der Waals surface area contributed by atoms with Crippen LogP contribution in [0.15, 0.2) is 22.2 Å². The minimum absolute atomic E-state index is 0.620. The standard InChI is InChI=1S/C11H14ClNO2S/c1-4-16-11-8(7-13-15-3)5-9(12)6-10(11)14-2/h5-7H,4H2,1-3H3. The summed E-state index contributed by atoms with van der Waals surface area (Å²) in [5, 5.41) is 4.37. The van der Waals surface area contributed by atoms with Crippen molar-refractivity contribution < 1.29 is 9.57 Å². The molecule has 5 heteroatoms. The van der Waals surface area contributed by atoms with Crippen molar-refractivity contribution in [1.29, 1.82) is 0 Å². The minimum Gasteiger partial charge on any atom is -0.496 e. The van der Waals surface area contributed by atoms with Gasteiger partial charge in [0, 0.05) is 10.6 Å². The predicted octanol–water partition coefficient (Wildman–Crippen LogP) is 3.44. The Morgan fingerprint density at radius 1 is 1.44 bits per heavy atom. The van der Waals surface area contributed by atoms with E-state index in [9.17, 15) is 0 Å². The molecule has 0 heterocycles. The quantitative estimate of drug-likeness (QED) is 0.461. The van der Waals surface area contributed by atoms with Crippen molar-refractivity contribution in [1.82, 2.24) is 0 Å². The summed E-state index contributed by atoms with van der Waals surface area (Å²) in [4.78, 5) is 5.69. The van der Waals surface area contributed by atoms with Gasteiger partial charge in [-0.1, -0.05) is 23.7 Å². The second-order valence-electron chi connectivity index (χ2n) is 2.88. The normalized spacial score (nSPS) is 10.8. The summed E-state index contributed by atoms with van der Waals surface area (Å²) in [6.45, 7) is 2.08. The number of hydrogen-bond acceptors (Lipinski definition) is 4. The monoisotopic (exact) mass is 259 g/mol. The molecule has 0 unspecified atom stereocenters. The van der Waals surface area contributed by atoms with E-state index in [4.69, 9.17) is 16.3 Å². The second kappa shape index (κ2) is 6.66. The Hall–Kier alpha value is -0.870. The molecule has 0 spiro atoms. The third-order valence-electron chi connectivity index (χ3n) is 1.85. The molecule has 0 aliphatic rings. The highest BCUT2D eigenvalue weighted by atomic mass is 35.5. The lowest BCUT2D eigenvalue weighted by Gasteiger charge is -2.10. The predicted molar refractivity (Wildman–Crippen MR) is 69.0 cm³/mol. The van der Waals surface area contributed by atoms with Crippen LogP contribution >= 0.6 is 23.4 Å². The Morgan fingerprint density at radius 3 is 2.75 bits per heavy atom. The van der Waals surface area contributed by atoms with Crippen molar-refractivity contribution in [2.75, 3.05) is 20.0 Å². The summed E-state index contributed by atoms with van der Waals surface area (Å²) in [6.07, 6.45) is 1.63. The van der Waals surface area contributed by atoms with Gasteiger partial charge >= 0.3 is 0 Å². The van der Waals surface area contributed by atoms with Crippen molar-refractivity contribution in [3.63, 3.8) is 0 Å². The first-order valence-electron chi connectivity index (χ1n) is 4.79. The summed E-state index contributed by atoms with van der Waals surface area (Å²) in [5.41, 5.74) is 0.901. The Morgan fingerprint density at radius 2 is 2.19 bits per heavy atom. The summed E-state index contributed by atoms with van der Waals surface area (Å²) < 4.78 is 5.29. The van der Waals surface area contributed by atoms with Crippen LogP contribution in [0.5, 0.6) is 5.75 Å². The molecule has 0 fully saturated rings. The molecule has 16 heavy (non-hydrogen) atoms. The molecular formula is C11H14ClNO2S. The van der Waals surface area contributed by atoms with E-state index in [1.165, 1.54) is 7.11 Å². The molecule has 0 bridgehead atoms. The van der Waals surface area contributed by atoms with E-state index in [1.807, 2.05) is 6.07 Å². The van der Waals surface area contributed by atoms with Gasteiger partial charge in [-0.15, -0.1) is 11.8 Å². The van der Waals surface area contributed by atoms with Crippen LogP contribution < -0.4 is 4.74 Å². The molecule has 0 saturated heterocycles. The summed E-state index contributed by atoms with van der Waals surface area (Å²) in [6, 6.07) is 3.63. The molecule has 0 radical (unpaired) electrons. The van der Waals surface area contributed by atoms with Crippen LogP contribution in [0, 0.1) is 0 Å². The average Bonchev–Trinajstić information content (AvgIpc) is 2.29. The van der Waals surface area contributed by atoms with Gasteiger partial charge in [-0.2, -0.15) is 0 Å². The van der Waals surface area contributed by atoms with Crippen molar-refractivity contribution in [3.05, 3.63) is 22.7 Å². The van der Waals surface area contributed by atoms with Crippen molar-refractivity contribution in [3.8, 4) is 5.75 Å². The van der Waals surface area contributed by atoms with E-state index in [0.717, 1.165) is 22.0 Å². The number of hydrogen-bond donors (Lipinski definition) is 0. The maximum atomic E-state index is 5.99. The SMILES string of the molecule is CCSc1c(C=NOC)cc(Cl)cc1OC. The molecule has 0 aliphatic carbocycles. The minimum atomic E-state index is 0.620. The fourth-order valence-corrected chi connectivity index (χ4v) is 2.31. The number of oxime groups is 1. The van der Waals surface area contributed by atoms with Gasteiger partial charge in [0.05, 0.1) is 18.2 Å². The Labute approximate surface area is 105 Å². The molecule has 0 amide bonds. The van der Waals surface area contributed by atoms with Crippen LogP contribution in [-0.2, 0) is 4.84 Å². The van der Waals surface area contributed by atoms with Gasteiger partial charge in [0.15, 0.2) is 0 Å². The maximum Gasteiger partial charge on any atom is 0.134 e. The third kappa shape index (κ3) is 3.32. The van der Waals surface area contributed by atoms with Gasteiger partial charge in [-0.3, -0.25) is 0 Å². The zero-order valence-corrected chi connectivity index (χ0v) is 11.1. The van der Waals surface area contributed by atoms with Crippen LogP contribution in [0.2, 0.25) is 5.02 Å². The second-order valence-corrected chi connectivity index (χ2v) is 4.59. The lowest BCUT2D eigenvalue weighted by molar-refractivity contribution is 0.215. The fraction of sp³-hybridized carbons (Fsp3) is 0.364. The van der Waals surface area contributed by atoms with E-state index in [-0.39, 0.29) is 0 Å². The number of rotatable bonds is 5. The number of halogens is 1. The van der Waals surface area contributed by atoms with Gasteiger partial charge in [-0.25, -0.2) is 0 Å². The number of methoxy groups -OCH3 is 1. The summed E-state index contributed by atoms with van der Waals surface area (Å²) >= 11 is 7.67. The lowest BCUT2D eigenvalue weighted by Crippen LogP contribution is -1.93. The fourth-order valence-electron chi connectivity index (χ4n) is 1.24. The molecule has 0 saturated carbocycles. The van der Waals surface area contributed by atoms with Crippen molar-refractivity contribution >= 4 is 29.6 Å². The van der Waals surface area contributed by atoms with Gasteiger partial charge in [0.25, 0.3) is 0 Å². The highest BCUT2D eigenvalue weighted by molar-refractivity contribution is 7.99. The smallest absolute Gasteiger partial charge is 0.134 e. The van der Waals surface area contributed by atoms with E-state index in [1.54, 1.807) is 31.2 Å². The highest BCUT2D eigenvalue weighted by Crippen LogP contribution is 2.34. The maximum absolute atomic E-state index is 5.99. The van der Waals surface area contributed by atoms with Crippen LogP contribution in [0.4, 0.5) is 0 Å². The lowest BCUT2D eigenvalue weighted by atomic mass is 10.2. The molecule has 0 aromatic heterocycles. The molecule has 1 rings (SSSR count). The Bertz CT molecular complexity index is 382. The van der Waals surface area contributed by atoms with Crippen LogP contribution in [0.3, 0.4) is 0 Å². The number of benzene rings is 1. The van der Waals surface area contributed by atoms with Crippen LogP contribution in [0.1, 0.15) is 12.5 Å². The van der Waals surface area contributed by atoms with Crippen molar-refractivity contribution in [2.45, 2.75) is 11.8 Å². The van der Waals surface area contributed by atoms with Gasteiger partial charge in [0.1, 0.15) is 12.9 Å². The van der Waals surface area contributed by atoms with Gasteiger partial charge in [-0.05, 0) is 17.9 Å². The molecule has 88 valence electrons. The first-order chi connectivity index (χ1) is 7.72. The molecule has 0 aliphatic heterocycles. The van der Waals surface area contributed by atoms with E-state index in [2.05, 4.69) is 16.9 Å². The average molecular weight is 260 g/mol. The molecule has 0 atom stereocenters. The van der Waals surface area contributed by atoms with E-state index in [0.29, 0.717) is 5.02 Å². The Kier molecular flexibility index (Phi) is 5.49. The van der Waals surface area contributed by atoms with E-state index >= 15 is 0 Å². The summed E-state index contributed by atoms with van der Waals surface area (Å²) in [5.74, 6) is 1.71. The third-order valence-corrected chi connectivity index (χ3v) is 3.09. The molecule has 1 aromatic carbocycles. The number of nitrogens with zero attached hydrogens (tertiary/aromatic N) is 1. The summed E-state index contributed by atoms with van der Waals surface area (Å²) in [7, 11) is 3.13. The Balaban J connectivity index is 3.20. The zero-order chi connectivity index (χ0) is 12.0. The number of thioether (sulfide) groups is 1. The van der Waals surface area contributed by atoms with Gasteiger partial charge < -0.3 is 9.57 Å². The molecule has 1 aromatic rings. The first-order valence-corrected chi connectivity index (χ1v) is 6.16. The molecule has 0 N–H and O–H groups in total. The van der Waals surface area contributed by atoms with Gasteiger partial charge in [0.2, 0.25) is 0 Å². The van der Waals surface area contributed by atoms with Crippen molar-refractivity contribution in [2.24, 2.45) is 5.16 Å². The van der Waals surface area contributed by atoms with Crippen LogP contribution in [0.25, 0.3) is 0 Å². The first kappa shape index (κ1) is 13.2.